The van der Waals surface area contributed by atoms with E-state index in [9.17, 15) is 22.8 Å². The maximum atomic E-state index is 12.7. The van der Waals surface area contributed by atoms with E-state index < -0.39 is 5.82 Å². The number of hydrogen-bond donors (Lipinski definition) is 1. The largest absolute Gasteiger partial charge is 0.443 e. The average molecular weight is 455 g/mol. The van der Waals surface area contributed by atoms with Crippen LogP contribution in [0.15, 0.2) is 76.7 Å². The molecule has 0 spiro atoms. The molecule has 33 heavy (non-hydrogen) atoms. The Bertz CT molecular complexity index is 1130. The highest BCUT2D eigenvalue weighted by atomic mass is 19.1. The lowest BCUT2D eigenvalue weighted by atomic mass is 10.2. The van der Waals surface area contributed by atoms with Gasteiger partial charge in [0.25, 0.3) is 6.26 Å². The van der Waals surface area contributed by atoms with Crippen molar-refractivity contribution in [3.05, 3.63) is 101 Å². The lowest BCUT2D eigenvalue weighted by Gasteiger charge is -1.94. The maximum absolute atomic E-state index is 12.7. The van der Waals surface area contributed by atoms with Crippen molar-refractivity contribution >= 4 is 17.8 Å². The summed E-state index contributed by atoms with van der Waals surface area (Å²) in [6, 6.07) is 17.3. The Morgan fingerprint density at radius 2 is 1.42 bits per heavy atom. The minimum Gasteiger partial charge on any atom is -0.443 e. The lowest BCUT2D eigenvalue weighted by molar-refractivity contribution is 0.503. The zero-order chi connectivity index (χ0) is 25.1. The summed E-state index contributed by atoms with van der Waals surface area (Å²) in [4.78, 5) is 25.9. The van der Waals surface area contributed by atoms with E-state index in [2.05, 4.69) is 9.98 Å². The topological polar surface area (TPSA) is 103 Å². The lowest BCUT2D eigenvalue weighted by Crippen LogP contribution is -1.85. The van der Waals surface area contributed by atoms with E-state index >= 15 is 0 Å². The molecule has 6 nitrogen and oxygen atoms in total. The molecular formula is C24H20F3N3O3. The number of halogens is 3. The highest BCUT2D eigenvalue weighted by Gasteiger charge is 1.98. The standard InChI is InChI=1S/2C8H6FNO.C7H7F.CHNO/c1-6-2-3-7(9)8(4-6)10-5-11;9-8-4-2-1-3-7(8)5-10-6-11;1-6-4-2-3-5-7(6)8;2-1-3/h2-4H,1H3;1-4H,5H2;2-5H,1H3;3H. The van der Waals surface area contributed by atoms with Crippen LogP contribution in [-0.4, -0.2) is 17.3 Å². The molecule has 0 radical (unpaired) electrons. The number of hydrogen-bond acceptors (Lipinski definition) is 6. The Morgan fingerprint density at radius 3 is 1.91 bits per heavy atom. The van der Waals surface area contributed by atoms with E-state index in [4.69, 9.17) is 10.4 Å². The van der Waals surface area contributed by atoms with Gasteiger partial charge in [-0.15, -0.1) is 0 Å². The number of nitrogens with zero attached hydrogens (tertiary/aromatic N) is 3. The van der Waals surface area contributed by atoms with Gasteiger partial charge in [0.15, 0.2) is 0 Å². The Hall–Kier alpha value is -4.50. The zero-order valence-corrected chi connectivity index (χ0v) is 17.8. The van der Waals surface area contributed by atoms with Gasteiger partial charge in [0.05, 0.1) is 6.54 Å². The van der Waals surface area contributed by atoms with E-state index in [0.29, 0.717) is 11.1 Å². The Morgan fingerprint density at radius 1 is 0.848 bits per heavy atom. The first kappa shape index (κ1) is 28.5. The van der Waals surface area contributed by atoms with Gasteiger partial charge in [0.1, 0.15) is 23.1 Å². The summed E-state index contributed by atoms with van der Waals surface area (Å²) in [5, 5.41) is 13.8. The van der Waals surface area contributed by atoms with Crippen molar-refractivity contribution in [3.8, 4) is 6.26 Å². The molecule has 1 N–H and O–H groups in total. The van der Waals surface area contributed by atoms with Crippen molar-refractivity contribution in [2.75, 3.05) is 0 Å². The number of aliphatic hydroxyl groups excluding tert-OH is 1. The van der Waals surface area contributed by atoms with Gasteiger partial charge in [-0.25, -0.2) is 27.8 Å². The second kappa shape index (κ2) is 17.2. The Balaban J connectivity index is 0.000000444. The number of aryl methyl sites for hydroxylation is 2. The van der Waals surface area contributed by atoms with Crippen molar-refractivity contribution in [1.29, 1.82) is 5.26 Å². The third kappa shape index (κ3) is 12.7. The summed E-state index contributed by atoms with van der Waals surface area (Å²) in [7, 11) is 0. The molecule has 3 rings (SSSR count). The minimum atomic E-state index is -0.501. The monoisotopic (exact) mass is 455 g/mol. The molecule has 3 aromatic carbocycles. The molecule has 0 saturated heterocycles. The van der Waals surface area contributed by atoms with E-state index in [0.717, 1.165) is 11.8 Å². The van der Waals surface area contributed by atoms with Crippen molar-refractivity contribution < 1.29 is 27.9 Å². The zero-order valence-electron chi connectivity index (χ0n) is 17.8. The van der Waals surface area contributed by atoms with Gasteiger partial charge in [-0.2, -0.15) is 10.3 Å². The molecule has 0 aromatic heterocycles. The number of aliphatic hydroxyl groups is 1. The predicted molar refractivity (Wildman–Crippen MR) is 116 cm³/mol. The Labute approximate surface area is 189 Å². The number of carbonyl (C=O) groups excluding carboxylic acids is 2. The van der Waals surface area contributed by atoms with Crippen LogP contribution in [0.5, 0.6) is 0 Å². The van der Waals surface area contributed by atoms with Gasteiger partial charge in [-0.1, -0.05) is 42.5 Å². The van der Waals surface area contributed by atoms with Gasteiger partial charge in [0.2, 0.25) is 12.2 Å². The molecule has 0 fully saturated rings. The summed E-state index contributed by atoms with van der Waals surface area (Å²) in [5.41, 5.74) is 2.02. The van der Waals surface area contributed by atoms with Crippen LogP contribution in [0, 0.1) is 42.8 Å². The van der Waals surface area contributed by atoms with Crippen LogP contribution < -0.4 is 0 Å². The molecule has 170 valence electrons. The summed E-state index contributed by atoms with van der Waals surface area (Å²) in [6.07, 6.45) is 3.39. The first-order valence-electron chi connectivity index (χ1n) is 9.16. The molecule has 9 heteroatoms. The SMILES string of the molecule is Cc1ccc(F)c(N=C=O)c1.Cc1ccccc1F.N#CO.O=C=NCc1ccccc1F. The fourth-order valence-corrected chi connectivity index (χ4v) is 2.05. The van der Waals surface area contributed by atoms with Crippen LogP contribution in [-0.2, 0) is 16.1 Å². The number of aliphatic imine (C=N–C) groups is 2. The third-order valence-electron chi connectivity index (χ3n) is 3.62. The van der Waals surface area contributed by atoms with Gasteiger partial charge < -0.3 is 5.11 Å². The summed E-state index contributed by atoms with van der Waals surface area (Å²) < 4.78 is 37.7. The van der Waals surface area contributed by atoms with Crippen LogP contribution in [0.2, 0.25) is 0 Å². The van der Waals surface area contributed by atoms with Crippen LogP contribution in [0.25, 0.3) is 0 Å². The minimum absolute atomic E-state index is 0.0417. The van der Waals surface area contributed by atoms with Crippen LogP contribution in [0.1, 0.15) is 16.7 Å². The molecule has 0 aliphatic carbocycles. The molecule has 0 aliphatic rings. The first-order chi connectivity index (χ1) is 15.8. The second-order valence-corrected chi connectivity index (χ2v) is 6.01. The van der Waals surface area contributed by atoms with Crippen molar-refractivity contribution in [2.24, 2.45) is 9.98 Å². The highest BCUT2D eigenvalue weighted by Crippen LogP contribution is 2.17. The molecule has 0 saturated carbocycles. The predicted octanol–water partition coefficient (Wildman–Crippen LogP) is 5.74. The van der Waals surface area contributed by atoms with Crippen LogP contribution >= 0.6 is 0 Å². The number of rotatable bonds is 3. The normalized spacial score (nSPS) is 8.36. The quantitative estimate of drug-likeness (QED) is 0.309. The van der Waals surface area contributed by atoms with E-state index in [1.807, 2.05) is 6.07 Å². The van der Waals surface area contributed by atoms with Crippen LogP contribution in [0.3, 0.4) is 0 Å². The smallest absolute Gasteiger partial charge is 0.283 e. The van der Waals surface area contributed by atoms with Gasteiger partial charge in [-0.3, -0.25) is 0 Å². The Kier molecular flexibility index (Phi) is 14.9. The molecular weight excluding hydrogens is 435 g/mol. The van der Waals surface area contributed by atoms with Gasteiger partial charge >= 0.3 is 0 Å². The fourth-order valence-electron chi connectivity index (χ4n) is 2.05. The van der Waals surface area contributed by atoms with E-state index in [1.165, 1.54) is 36.4 Å². The molecule has 0 unspecified atom stereocenters. The number of benzene rings is 3. The van der Waals surface area contributed by atoms with Gasteiger partial charge in [0, 0.05) is 5.56 Å². The van der Waals surface area contributed by atoms with Crippen molar-refractivity contribution in [1.82, 2.24) is 0 Å². The van der Waals surface area contributed by atoms with Gasteiger partial charge in [-0.05, 0) is 49.2 Å². The van der Waals surface area contributed by atoms with E-state index in [1.54, 1.807) is 50.2 Å². The molecule has 3 aromatic rings. The summed E-state index contributed by atoms with van der Waals surface area (Å²) in [5.74, 6) is -0.974. The van der Waals surface area contributed by atoms with Crippen molar-refractivity contribution in [3.63, 3.8) is 0 Å². The fraction of sp³-hybridized carbons (Fsp3) is 0.125. The molecule has 0 aliphatic heterocycles. The first-order valence-corrected chi connectivity index (χ1v) is 9.16. The second-order valence-electron chi connectivity index (χ2n) is 6.01. The van der Waals surface area contributed by atoms with Crippen LogP contribution in [0.4, 0.5) is 18.9 Å². The van der Waals surface area contributed by atoms with Crippen molar-refractivity contribution in [2.45, 2.75) is 20.4 Å². The number of nitriles is 1. The molecule has 0 bridgehead atoms. The average Bonchev–Trinajstić information content (AvgIpc) is 2.79. The third-order valence-corrected chi connectivity index (χ3v) is 3.62. The maximum Gasteiger partial charge on any atom is 0.283 e. The highest BCUT2D eigenvalue weighted by molar-refractivity contribution is 5.50. The molecule has 0 heterocycles. The summed E-state index contributed by atoms with van der Waals surface area (Å²) in [6.45, 7) is 3.61. The summed E-state index contributed by atoms with van der Waals surface area (Å²) >= 11 is 0. The number of isocyanates is 2. The molecule has 0 amide bonds. The molecule has 0 atom stereocenters. The van der Waals surface area contributed by atoms with E-state index in [-0.39, 0.29) is 23.9 Å².